The number of carbonyl (C=O) groups is 1. The minimum Gasteiger partial charge on any atom is -0.384 e. The van der Waals surface area contributed by atoms with Gasteiger partial charge in [-0.05, 0) is 60.8 Å². The van der Waals surface area contributed by atoms with Gasteiger partial charge in [0.25, 0.3) is 0 Å². The van der Waals surface area contributed by atoms with Gasteiger partial charge in [-0.1, -0.05) is 25.1 Å². The number of aromatic nitrogens is 3. The predicted octanol–water partition coefficient (Wildman–Crippen LogP) is 3.80. The maximum atomic E-state index is 13.5. The van der Waals surface area contributed by atoms with Gasteiger partial charge in [-0.15, -0.1) is 0 Å². The van der Waals surface area contributed by atoms with E-state index < -0.39 is 0 Å². The number of benzene rings is 1. The van der Waals surface area contributed by atoms with Gasteiger partial charge >= 0.3 is 0 Å². The van der Waals surface area contributed by atoms with E-state index >= 15 is 0 Å². The molecule has 1 saturated carbocycles. The van der Waals surface area contributed by atoms with E-state index in [0.717, 1.165) is 86.7 Å². The van der Waals surface area contributed by atoms with Crippen LogP contribution in [0.3, 0.4) is 0 Å². The fourth-order valence-corrected chi connectivity index (χ4v) is 5.53. The van der Waals surface area contributed by atoms with Gasteiger partial charge in [-0.2, -0.15) is 5.10 Å². The van der Waals surface area contributed by atoms with Gasteiger partial charge in [0.05, 0.1) is 16.6 Å². The number of fused-ring (bicyclic) bond motifs is 1. The van der Waals surface area contributed by atoms with Gasteiger partial charge in [-0.3, -0.25) is 9.78 Å². The van der Waals surface area contributed by atoms with Gasteiger partial charge in [0.15, 0.2) is 0 Å². The molecule has 0 spiro atoms. The smallest absolute Gasteiger partial charge is 0.233 e. The van der Waals surface area contributed by atoms with Crippen LogP contribution in [0.4, 0.5) is 11.4 Å². The van der Waals surface area contributed by atoms with E-state index in [4.69, 9.17) is 0 Å². The van der Waals surface area contributed by atoms with E-state index in [1.54, 1.807) is 6.20 Å². The van der Waals surface area contributed by atoms with E-state index in [1.807, 2.05) is 33.9 Å². The minimum absolute atomic E-state index is 0.259. The van der Waals surface area contributed by atoms with Crippen LogP contribution in [0.2, 0.25) is 0 Å². The van der Waals surface area contributed by atoms with Crippen LogP contribution < -0.4 is 15.5 Å². The Morgan fingerprint density at radius 2 is 1.79 bits per heavy atom. The van der Waals surface area contributed by atoms with Gasteiger partial charge < -0.3 is 20.4 Å². The van der Waals surface area contributed by atoms with Crippen LogP contribution in [-0.2, 0) is 10.2 Å². The molecule has 2 N–H and O–H groups in total. The molecular formula is C30H35N7O. The third-order valence-electron chi connectivity index (χ3n) is 7.87. The first kappa shape index (κ1) is 24.4. The van der Waals surface area contributed by atoms with Crippen molar-refractivity contribution >= 4 is 22.8 Å². The van der Waals surface area contributed by atoms with Crippen molar-refractivity contribution in [3.8, 4) is 11.1 Å². The Hall–Kier alpha value is -3.91. The summed E-state index contributed by atoms with van der Waals surface area (Å²) in [5.74, 6) is 0.259. The molecule has 8 heteroatoms. The molecule has 3 aromatic heterocycles. The molecule has 2 aliphatic rings. The summed E-state index contributed by atoms with van der Waals surface area (Å²) in [6.45, 7) is 8.03. The summed E-state index contributed by atoms with van der Waals surface area (Å²) < 4.78 is 1.96. The van der Waals surface area contributed by atoms with E-state index in [2.05, 4.69) is 75.1 Å². The van der Waals surface area contributed by atoms with Crippen LogP contribution in [0, 0.1) is 0 Å². The fourth-order valence-electron chi connectivity index (χ4n) is 5.53. The minimum atomic E-state index is -0.353. The SMILES string of the molecule is CCNCCNc1ccc(-c2cc3c(N4CCN(C(=O)C5(c6cccnc6)CC5)CC4)ccnn3c2)cc1. The number of likely N-dealkylation sites (N-methyl/N-ethyl adjacent to an activating group) is 1. The summed E-state index contributed by atoms with van der Waals surface area (Å²) >= 11 is 0. The van der Waals surface area contributed by atoms with Crippen molar-refractivity contribution < 1.29 is 4.79 Å². The highest BCUT2D eigenvalue weighted by molar-refractivity contribution is 5.91. The van der Waals surface area contributed by atoms with Gasteiger partial charge in [0, 0.05) is 75.3 Å². The van der Waals surface area contributed by atoms with Crippen LogP contribution in [0.5, 0.6) is 0 Å². The maximum Gasteiger partial charge on any atom is 0.233 e. The van der Waals surface area contributed by atoms with Gasteiger partial charge in [0.2, 0.25) is 5.91 Å². The topological polar surface area (TPSA) is 77.8 Å². The van der Waals surface area contributed by atoms with E-state index in [-0.39, 0.29) is 11.3 Å². The highest BCUT2D eigenvalue weighted by atomic mass is 16.2. The molecule has 6 rings (SSSR count). The summed E-state index contributed by atoms with van der Waals surface area (Å²) in [4.78, 5) is 22.1. The summed E-state index contributed by atoms with van der Waals surface area (Å²) in [7, 11) is 0. The Kier molecular flexibility index (Phi) is 6.72. The number of nitrogens with zero attached hydrogens (tertiary/aromatic N) is 5. The third-order valence-corrected chi connectivity index (χ3v) is 7.87. The van der Waals surface area contributed by atoms with Crippen molar-refractivity contribution in [3.63, 3.8) is 0 Å². The second-order valence-electron chi connectivity index (χ2n) is 10.2. The molecule has 196 valence electrons. The number of hydrogen-bond acceptors (Lipinski definition) is 6. The molecule has 8 nitrogen and oxygen atoms in total. The second-order valence-corrected chi connectivity index (χ2v) is 10.2. The van der Waals surface area contributed by atoms with Crippen molar-refractivity contribution in [1.82, 2.24) is 24.8 Å². The molecule has 0 bridgehead atoms. The quantitative estimate of drug-likeness (QED) is 0.334. The molecule has 1 aliphatic heterocycles. The van der Waals surface area contributed by atoms with Crippen molar-refractivity contribution in [1.29, 1.82) is 0 Å². The van der Waals surface area contributed by atoms with Crippen molar-refractivity contribution in [2.24, 2.45) is 0 Å². The first-order chi connectivity index (χ1) is 18.7. The number of pyridine rings is 1. The molecule has 2 fully saturated rings. The van der Waals surface area contributed by atoms with E-state index in [0.29, 0.717) is 0 Å². The van der Waals surface area contributed by atoms with Gasteiger partial charge in [0.1, 0.15) is 0 Å². The summed E-state index contributed by atoms with van der Waals surface area (Å²) in [5, 5.41) is 11.4. The second kappa shape index (κ2) is 10.5. The number of nitrogens with one attached hydrogen (secondary N) is 2. The number of amides is 1. The largest absolute Gasteiger partial charge is 0.384 e. The zero-order valence-electron chi connectivity index (χ0n) is 21.9. The molecule has 1 aromatic carbocycles. The Labute approximate surface area is 223 Å². The number of rotatable bonds is 9. The normalized spacial score (nSPS) is 16.6. The van der Waals surface area contributed by atoms with Gasteiger partial charge in [-0.25, -0.2) is 4.52 Å². The monoisotopic (exact) mass is 509 g/mol. The average Bonchev–Trinajstić information content (AvgIpc) is 3.67. The fraction of sp³-hybridized carbons (Fsp3) is 0.367. The lowest BCUT2D eigenvalue weighted by Gasteiger charge is -2.38. The molecule has 1 aliphatic carbocycles. The van der Waals surface area contributed by atoms with Crippen LogP contribution in [0.1, 0.15) is 25.3 Å². The Balaban J connectivity index is 1.13. The number of piperazine rings is 1. The lowest BCUT2D eigenvalue weighted by molar-refractivity contribution is -0.134. The summed E-state index contributed by atoms with van der Waals surface area (Å²) in [6, 6.07) is 16.9. The predicted molar refractivity (Wildman–Crippen MR) is 152 cm³/mol. The average molecular weight is 510 g/mol. The van der Waals surface area contributed by atoms with Crippen molar-refractivity contribution in [2.45, 2.75) is 25.2 Å². The first-order valence-electron chi connectivity index (χ1n) is 13.7. The Bertz CT molecular complexity index is 1390. The van der Waals surface area contributed by atoms with E-state index in [9.17, 15) is 4.79 Å². The summed E-state index contributed by atoms with van der Waals surface area (Å²) in [5.41, 5.74) is 6.38. The van der Waals surface area contributed by atoms with Crippen molar-refractivity contribution in [2.75, 3.05) is 56.0 Å². The van der Waals surface area contributed by atoms with Crippen LogP contribution in [-0.4, -0.2) is 71.2 Å². The molecular weight excluding hydrogens is 474 g/mol. The van der Waals surface area contributed by atoms with Crippen LogP contribution in [0.15, 0.2) is 73.3 Å². The third kappa shape index (κ3) is 4.72. The number of anilines is 2. The van der Waals surface area contributed by atoms with Crippen LogP contribution >= 0.6 is 0 Å². The molecule has 1 amide bonds. The van der Waals surface area contributed by atoms with Crippen LogP contribution in [0.25, 0.3) is 16.6 Å². The van der Waals surface area contributed by atoms with E-state index in [1.165, 1.54) is 5.56 Å². The Morgan fingerprint density at radius 1 is 0.974 bits per heavy atom. The molecule has 0 radical (unpaired) electrons. The maximum absolute atomic E-state index is 13.5. The molecule has 1 saturated heterocycles. The lowest BCUT2D eigenvalue weighted by atomic mass is 9.95. The number of carbonyl (C=O) groups excluding carboxylic acids is 1. The molecule has 4 aromatic rings. The zero-order chi connectivity index (χ0) is 26.0. The summed E-state index contributed by atoms with van der Waals surface area (Å²) in [6.07, 6.45) is 9.42. The van der Waals surface area contributed by atoms with Crippen molar-refractivity contribution in [3.05, 3.63) is 78.9 Å². The zero-order valence-corrected chi connectivity index (χ0v) is 21.9. The molecule has 0 unspecified atom stereocenters. The highest BCUT2D eigenvalue weighted by Gasteiger charge is 2.53. The molecule has 4 heterocycles. The Morgan fingerprint density at radius 3 is 2.50 bits per heavy atom. The standard InChI is InChI=1S/C30H35N7O/c1-2-31-14-15-33-26-7-5-23(6-8-26)24-20-28-27(9-13-34-37(28)22-24)35-16-18-36(19-17-35)29(38)30(10-11-30)25-4-3-12-32-21-25/h3-9,12-13,20-22,31,33H,2,10-11,14-19H2,1H3. The first-order valence-corrected chi connectivity index (χ1v) is 13.7. The molecule has 38 heavy (non-hydrogen) atoms. The molecule has 0 atom stereocenters. The highest BCUT2D eigenvalue weighted by Crippen LogP contribution is 2.49. The number of hydrogen-bond donors (Lipinski definition) is 2. The lowest BCUT2D eigenvalue weighted by Crippen LogP contribution is -2.51.